The Kier molecular flexibility index (Phi) is 5.15. The molecule has 1 fully saturated rings. The smallest absolute Gasteiger partial charge is 0.400 e. The topological polar surface area (TPSA) is 68.5 Å². The van der Waals surface area contributed by atoms with Crippen LogP contribution in [0.1, 0.15) is 33.3 Å². The van der Waals surface area contributed by atoms with E-state index < -0.39 is 24.1 Å². The zero-order valence-electron chi connectivity index (χ0n) is 14.4. The van der Waals surface area contributed by atoms with Gasteiger partial charge in [-0.25, -0.2) is 4.39 Å². The molecule has 0 saturated carbocycles. The lowest BCUT2D eigenvalue weighted by Crippen LogP contribution is -2.41. The number of rotatable bonds is 5. The largest absolute Gasteiger partial charge is 0.491 e. The summed E-state index contributed by atoms with van der Waals surface area (Å²) in [5.41, 5.74) is 3.38. The van der Waals surface area contributed by atoms with E-state index in [9.17, 15) is 4.39 Å². The average Bonchev–Trinajstić information content (AvgIpc) is 2.67. The van der Waals surface area contributed by atoms with Crippen molar-refractivity contribution in [3.8, 4) is 0 Å². The van der Waals surface area contributed by atoms with Crippen LogP contribution in [0, 0.1) is 5.82 Å². The van der Waals surface area contributed by atoms with E-state index in [0.717, 1.165) is 11.0 Å². The molecule has 1 heterocycles. The predicted octanol–water partition coefficient (Wildman–Crippen LogP) is 2.35. The van der Waals surface area contributed by atoms with E-state index in [1.165, 1.54) is 6.07 Å². The van der Waals surface area contributed by atoms with Crippen molar-refractivity contribution in [3.05, 3.63) is 35.1 Å². The van der Waals surface area contributed by atoms with Gasteiger partial charge in [-0.2, -0.15) is 0 Å². The first-order chi connectivity index (χ1) is 10.7. The van der Waals surface area contributed by atoms with Crippen LogP contribution in [0.15, 0.2) is 23.7 Å². The second kappa shape index (κ2) is 6.61. The fourth-order valence-electron chi connectivity index (χ4n) is 2.35. The van der Waals surface area contributed by atoms with Crippen LogP contribution in [-0.2, 0) is 9.31 Å². The van der Waals surface area contributed by atoms with Gasteiger partial charge >= 0.3 is 7.12 Å². The second-order valence-electron chi connectivity index (χ2n) is 6.72. The Morgan fingerprint density at radius 3 is 2.35 bits per heavy atom. The first kappa shape index (κ1) is 17.9. The molecule has 0 bridgehead atoms. The van der Waals surface area contributed by atoms with E-state index in [1.54, 1.807) is 12.1 Å². The van der Waals surface area contributed by atoms with Crippen LogP contribution in [0.4, 0.5) is 10.1 Å². The number of benzene rings is 1. The van der Waals surface area contributed by atoms with Gasteiger partial charge in [-0.05, 0) is 57.9 Å². The maximum atomic E-state index is 13.9. The highest BCUT2D eigenvalue weighted by molar-refractivity contribution is 6.55. The van der Waals surface area contributed by atoms with Gasteiger partial charge < -0.3 is 20.1 Å². The zero-order valence-corrected chi connectivity index (χ0v) is 14.4. The van der Waals surface area contributed by atoms with Crippen LogP contribution >= 0.6 is 0 Å². The highest BCUT2D eigenvalue weighted by Crippen LogP contribution is 2.38. The Hall–Kier alpha value is -1.41. The van der Waals surface area contributed by atoms with E-state index in [2.05, 4.69) is 10.7 Å². The molecule has 126 valence electrons. The quantitative estimate of drug-likeness (QED) is 0.441. The summed E-state index contributed by atoms with van der Waals surface area (Å²) in [7, 11) is 1.38. The number of hydrogen-bond donors (Lipinski definition) is 3. The van der Waals surface area contributed by atoms with E-state index in [1.807, 2.05) is 40.8 Å². The van der Waals surface area contributed by atoms with Crippen LogP contribution in [-0.4, -0.2) is 31.9 Å². The minimum atomic E-state index is -0.470. The molecule has 0 unspecified atom stereocenters. The first-order valence-corrected chi connectivity index (χ1v) is 7.67. The molecule has 0 aromatic heterocycles. The van der Waals surface area contributed by atoms with Crippen LogP contribution in [0.5, 0.6) is 0 Å². The third-order valence-corrected chi connectivity index (χ3v) is 4.44. The van der Waals surface area contributed by atoms with Crippen molar-refractivity contribution in [1.82, 2.24) is 5.32 Å². The lowest BCUT2D eigenvalue weighted by atomic mass is 9.77. The molecular formula is C16H25BFN3O2. The Balaban J connectivity index is 2.30. The van der Waals surface area contributed by atoms with Gasteiger partial charge in [0.1, 0.15) is 5.82 Å². The Morgan fingerprint density at radius 1 is 1.26 bits per heavy atom. The van der Waals surface area contributed by atoms with Crippen LogP contribution in [0.3, 0.4) is 0 Å². The highest BCUT2D eigenvalue weighted by Gasteiger charge is 2.52. The molecule has 0 spiro atoms. The fraction of sp³-hybridized carbons (Fsp3) is 0.500. The Labute approximate surface area is 137 Å². The average molecular weight is 321 g/mol. The van der Waals surface area contributed by atoms with Crippen LogP contribution in [0.25, 0.3) is 6.08 Å². The molecule has 1 aliphatic heterocycles. The molecule has 0 radical (unpaired) electrons. The summed E-state index contributed by atoms with van der Waals surface area (Å²) < 4.78 is 26.0. The SMILES string of the molecule is CNCC(=Cc1ccc(NN)c(F)c1)B1OC(C)(C)C(C)(C)O1. The number of likely N-dealkylation sites (N-methyl/N-ethyl adjacent to an activating group) is 1. The number of nitrogen functional groups attached to an aromatic ring is 1. The molecule has 1 aliphatic rings. The third kappa shape index (κ3) is 3.75. The molecule has 1 aromatic carbocycles. The number of halogens is 1. The molecule has 4 N–H and O–H groups in total. The maximum Gasteiger partial charge on any atom is 0.491 e. The lowest BCUT2D eigenvalue weighted by Gasteiger charge is -2.32. The molecule has 0 aliphatic carbocycles. The van der Waals surface area contributed by atoms with Gasteiger partial charge in [-0.1, -0.05) is 12.1 Å². The molecule has 1 aromatic rings. The normalized spacial score (nSPS) is 20.0. The monoisotopic (exact) mass is 321 g/mol. The molecule has 23 heavy (non-hydrogen) atoms. The van der Waals surface area contributed by atoms with Crippen molar-refractivity contribution in [2.24, 2.45) is 5.84 Å². The summed E-state index contributed by atoms with van der Waals surface area (Å²) in [6.07, 6.45) is 1.88. The Bertz CT molecular complexity index is 589. The Morgan fingerprint density at radius 2 is 1.87 bits per heavy atom. The zero-order chi connectivity index (χ0) is 17.3. The summed E-state index contributed by atoms with van der Waals surface area (Å²) in [5, 5.41) is 3.10. The number of hydrogen-bond acceptors (Lipinski definition) is 5. The van der Waals surface area contributed by atoms with E-state index in [0.29, 0.717) is 6.54 Å². The minimum absolute atomic E-state index is 0.257. The third-order valence-electron chi connectivity index (χ3n) is 4.44. The molecule has 1 saturated heterocycles. The summed E-state index contributed by atoms with van der Waals surface area (Å²) >= 11 is 0. The molecule has 7 heteroatoms. The first-order valence-electron chi connectivity index (χ1n) is 7.67. The maximum absolute atomic E-state index is 13.9. The van der Waals surface area contributed by atoms with E-state index in [4.69, 9.17) is 15.2 Å². The fourth-order valence-corrected chi connectivity index (χ4v) is 2.35. The van der Waals surface area contributed by atoms with Gasteiger partial charge in [0, 0.05) is 6.54 Å². The van der Waals surface area contributed by atoms with Gasteiger partial charge in [-0.3, -0.25) is 5.84 Å². The van der Waals surface area contributed by atoms with Crippen molar-refractivity contribution < 1.29 is 13.7 Å². The molecule has 2 rings (SSSR count). The van der Waals surface area contributed by atoms with Crippen LogP contribution < -0.4 is 16.6 Å². The van der Waals surface area contributed by atoms with Crippen molar-refractivity contribution >= 4 is 18.9 Å². The van der Waals surface area contributed by atoms with Crippen molar-refractivity contribution in [3.63, 3.8) is 0 Å². The highest BCUT2D eigenvalue weighted by atomic mass is 19.1. The number of nitrogens with one attached hydrogen (secondary N) is 2. The van der Waals surface area contributed by atoms with Crippen molar-refractivity contribution in [2.75, 3.05) is 19.0 Å². The lowest BCUT2D eigenvalue weighted by molar-refractivity contribution is 0.00578. The summed E-state index contributed by atoms with van der Waals surface area (Å²) in [6.45, 7) is 8.60. The van der Waals surface area contributed by atoms with Gasteiger partial charge in [0.05, 0.1) is 16.9 Å². The summed E-state index contributed by atoms with van der Waals surface area (Å²) in [6, 6.07) is 4.82. The van der Waals surface area contributed by atoms with Gasteiger partial charge in [0.15, 0.2) is 0 Å². The second-order valence-corrected chi connectivity index (χ2v) is 6.72. The van der Waals surface area contributed by atoms with E-state index in [-0.39, 0.29) is 5.69 Å². The van der Waals surface area contributed by atoms with Gasteiger partial charge in [-0.15, -0.1) is 0 Å². The number of anilines is 1. The molecule has 0 amide bonds. The van der Waals surface area contributed by atoms with Crippen molar-refractivity contribution in [1.29, 1.82) is 0 Å². The molecule has 0 atom stereocenters. The number of hydrazine groups is 1. The van der Waals surface area contributed by atoms with Crippen LogP contribution in [0.2, 0.25) is 0 Å². The number of nitrogens with two attached hydrogens (primary N) is 1. The van der Waals surface area contributed by atoms with E-state index >= 15 is 0 Å². The van der Waals surface area contributed by atoms with Gasteiger partial charge in [0.2, 0.25) is 0 Å². The minimum Gasteiger partial charge on any atom is -0.400 e. The van der Waals surface area contributed by atoms with Crippen molar-refractivity contribution in [2.45, 2.75) is 38.9 Å². The summed E-state index contributed by atoms with van der Waals surface area (Å²) in [4.78, 5) is 0. The predicted molar refractivity (Wildman–Crippen MR) is 92.2 cm³/mol. The summed E-state index contributed by atoms with van der Waals surface area (Å²) in [5.74, 6) is 4.85. The molecule has 5 nitrogen and oxygen atoms in total. The standard InChI is InChI=1S/C16H25BFN3O2/c1-15(2)16(3,4)23-17(22-15)12(10-20-5)8-11-6-7-14(21-19)13(18)9-11/h6-9,20-21H,10,19H2,1-5H3. The van der Waals surface area contributed by atoms with Gasteiger partial charge in [0.25, 0.3) is 0 Å². The molecular weight excluding hydrogens is 296 g/mol.